The summed E-state index contributed by atoms with van der Waals surface area (Å²) in [5, 5.41) is 14.7. The molecule has 1 fully saturated rings. The second kappa shape index (κ2) is 7.27. The van der Waals surface area contributed by atoms with Crippen LogP contribution >= 0.6 is 0 Å². The van der Waals surface area contributed by atoms with Crippen molar-refractivity contribution in [3.63, 3.8) is 0 Å². The highest BCUT2D eigenvalue weighted by Crippen LogP contribution is 2.14. The third kappa shape index (κ3) is 5.68. The summed E-state index contributed by atoms with van der Waals surface area (Å²) in [5.74, 6) is -0.289. The van der Waals surface area contributed by atoms with Gasteiger partial charge in [0, 0.05) is 12.5 Å². The SMILES string of the molecule is CCC(CC(=O)O)NC(=O)CCC1CCNC1. The number of carbonyl (C=O) groups excluding carboxylic acids is 1. The predicted octanol–water partition coefficient (Wildman–Crippen LogP) is 0.746. The molecule has 0 aromatic carbocycles. The number of hydrogen-bond donors (Lipinski definition) is 3. The van der Waals surface area contributed by atoms with E-state index in [1.807, 2.05) is 6.92 Å². The van der Waals surface area contributed by atoms with Crippen LogP contribution in [0.15, 0.2) is 0 Å². The summed E-state index contributed by atoms with van der Waals surface area (Å²) in [6.07, 6.45) is 3.20. The van der Waals surface area contributed by atoms with Crippen LogP contribution in [0.2, 0.25) is 0 Å². The van der Waals surface area contributed by atoms with Gasteiger partial charge in [-0.3, -0.25) is 9.59 Å². The Labute approximate surface area is 102 Å². The van der Waals surface area contributed by atoms with Crippen molar-refractivity contribution < 1.29 is 14.7 Å². The molecule has 0 aromatic heterocycles. The number of nitrogens with one attached hydrogen (secondary N) is 2. The molecule has 0 bridgehead atoms. The van der Waals surface area contributed by atoms with E-state index < -0.39 is 5.97 Å². The highest BCUT2D eigenvalue weighted by atomic mass is 16.4. The Morgan fingerprint density at radius 1 is 1.53 bits per heavy atom. The Hall–Kier alpha value is -1.10. The van der Waals surface area contributed by atoms with Gasteiger partial charge < -0.3 is 15.7 Å². The van der Waals surface area contributed by atoms with Gasteiger partial charge in [0.1, 0.15) is 0 Å². The Morgan fingerprint density at radius 3 is 2.82 bits per heavy atom. The van der Waals surface area contributed by atoms with Crippen molar-refractivity contribution in [2.45, 2.75) is 45.1 Å². The molecule has 2 atom stereocenters. The van der Waals surface area contributed by atoms with Gasteiger partial charge in [-0.15, -0.1) is 0 Å². The molecule has 1 aliphatic rings. The lowest BCUT2D eigenvalue weighted by Crippen LogP contribution is -2.36. The van der Waals surface area contributed by atoms with Crippen LogP contribution in [-0.4, -0.2) is 36.1 Å². The molecular formula is C12H22N2O3. The van der Waals surface area contributed by atoms with Crippen molar-refractivity contribution in [2.75, 3.05) is 13.1 Å². The molecule has 0 aliphatic carbocycles. The lowest BCUT2D eigenvalue weighted by atomic mass is 10.0. The van der Waals surface area contributed by atoms with Crippen molar-refractivity contribution in [3.05, 3.63) is 0 Å². The smallest absolute Gasteiger partial charge is 0.305 e. The third-order valence-corrected chi connectivity index (χ3v) is 3.22. The molecule has 17 heavy (non-hydrogen) atoms. The lowest BCUT2D eigenvalue weighted by Gasteiger charge is -2.15. The van der Waals surface area contributed by atoms with E-state index in [1.54, 1.807) is 0 Å². The van der Waals surface area contributed by atoms with Gasteiger partial charge in [-0.25, -0.2) is 0 Å². The van der Waals surface area contributed by atoms with Crippen LogP contribution in [0.3, 0.4) is 0 Å². The van der Waals surface area contributed by atoms with Crippen LogP contribution in [0.1, 0.15) is 39.0 Å². The van der Waals surface area contributed by atoms with Gasteiger partial charge in [-0.2, -0.15) is 0 Å². The molecule has 0 spiro atoms. The Balaban J connectivity index is 2.19. The van der Waals surface area contributed by atoms with Crippen LogP contribution in [0.5, 0.6) is 0 Å². The molecule has 5 nitrogen and oxygen atoms in total. The lowest BCUT2D eigenvalue weighted by molar-refractivity contribution is -0.137. The summed E-state index contributed by atoms with van der Waals surface area (Å²) >= 11 is 0. The van der Waals surface area contributed by atoms with Gasteiger partial charge in [0.15, 0.2) is 0 Å². The summed E-state index contributed by atoms with van der Waals surface area (Å²) in [4.78, 5) is 22.2. The van der Waals surface area contributed by atoms with Crippen LogP contribution < -0.4 is 10.6 Å². The zero-order valence-corrected chi connectivity index (χ0v) is 10.4. The molecule has 2 unspecified atom stereocenters. The summed E-state index contributed by atoms with van der Waals surface area (Å²) in [5.41, 5.74) is 0. The van der Waals surface area contributed by atoms with Crippen LogP contribution in [0.4, 0.5) is 0 Å². The number of hydrogen-bond acceptors (Lipinski definition) is 3. The first kappa shape index (κ1) is 14.0. The van der Waals surface area contributed by atoms with Gasteiger partial charge in [0.25, 0.3) is 0 Å². The number of aliphatic carboxylic acids is 1. The van der Waals surface area contributed by atoms with Crippen molar-refractivity contribution in [3.8, 4) is 0 Å². The maximum Gasteiger partial charge on any atom is 0.305 e. The zero-order chi connectivity index (χ0) is 12.7. The molecule has 5 heteroatoms. The second-order valence-corrected chi connectivity index (χ2v) is 4.67. The van der Waals surface area contributed by atoms with Crippen molar-refractivity contribution in [2.24, 2.45) is 5.92 Å². The Bertz CT molecular complexity index is 262. The summed E-state index contributed by atoms with van der Waals surface area (Å²) in [6.45, 7) is 3.93. The molecule has 1 saturated heterocycles. The first-order chi connectivity index (χ1) is 8.11. The molecule has 1 aliphatic heterocycles. The first-order valence-electron chi connectivity index (χ1n) is 6.33. The van der Waals surface area contributed by atoms with E-state index in [2.05, 4.69) is 10.6 Å². The fourth-order valence-corrected chi connectivity index (χ4v) is 2.10. The van der Waals surface area contributed by atoms with E-state index in [4.69, 9.17) is 5.11 Å². The van der Waals surface area contributed by atoms with Gasteiger partial charge in [-0.1, -0.05) is 6.92 Å². The van der Waals surface area contributed by atoms with E-state index in [0.29, 0.717) is 18.8 Å². The fraction of sp³-hybridized carbons (Fsp3) is 0.833. The molecule has 3 N–H and O–H groups in total. The van der Waals surface area contributed by atoms with Crippen LogP contribution in [0.25, 0.3) is 0 Å². The minimum absolute atomic E-state index is 0.00717. The third-order valence-electron chi connectivity index (χ3n) is 3.22. The Morgan fingerprint density at radius 2 is 2.29 bits per heavy atom. The number of carboxylic acids is 1. The molecule has 1 heterocycles. The summed E-state index contributed by atoms with van der Waals surface area (Å²) in [7, 11) is 0. The molecule has 1 rings (SSSR count). The number of rotatable bonds is 7. The van der Waals surface area contributed by atoms with Crippen molar-refractivity contribution >= 4 is 11.9 Å². The quantitative estimate of drug-likeness (QED) is 0.615. The standard InChI is InChI=1S/C12H22N2O3/c1-2-10(7-12(16)17)14-11(15)4-3-9-5-6-13-8-9/h9-10,13H,2-8H2,1H3,(H,14,15)(H,16,17). The second-order valence-electron chi connectivity index (χ2n) is 4.67. The number of carbonyl (C=O) groups is 2. The van der Waals surface area contributed by atoms with E-state index in [9.17, 15) is 9.59 Å². The largest absolute Gasteiger partial charge is 0.481 e. The van der Waals surface area contributed by atoms with Gasteiger partial charge in [0.2, 0.25) is 5.91 Å². The Kier molecular flexibility index (Phi) is 5.97. The highest BCUT2D eigenvalue weighted by Gasteiger charge is 2.17. The van der Waals surface area contributed by atoms with E-state index in [-0.39, 0.29) is 18.4 Å². The monoisotopic (exact) mass is 242 g/mol. The van der Waals surface area contributed by atoms with E-state index in [1.165, 1.54) is 0 Å². The maximum atomic E-state index is 11.6. The predicted molar refractivity (Wildman–Crippen MR) is 64.7 cm³/mol. The maximum absolute atomic E-state index is 11.6. The minimum Gasteiger partial charge on any atom is -0.481 e. The van der Waals surface area contributed by atoms with Crippen molar-refractivity contribution in [1.29, 1.82) is 0 Å². The summed E-state index contributed by atoms with van der Waals surface area (Å²) < 4.78 is 0. The van der Waals surface area contributed by atoms with Crippen LogP contribution in [0, 0.1) is 5.92 Å². The molecule has 0 aromatic rings. The molecule has 0 saturated carbocycles. The van der Waals surface area contributed by atoms with Gasteiger partial charge in [0.05, 0.1) is 6.42 Å². The minimum atomic E-state index is -0.864. The van der Waals surface area contributed by atoms with Gasteiger partial charge >= 0.3 is 5.97 Å². The van der Waals surface area contributed by atoms with E-state index >= 15 is 0 Å². The molecule has 1 amide bonds. The average Bonchev–Trinajstić information content (AvgIpc) is 2.77. The van der Waals surface area contributed by atoms with E-state index in [0.717, 1.165) is 25.9 Å². The number of carboxylic acid groups (broad SMARTS) is 1. The van der Waals surface area contributed by atoms with Crippen molar-refractivity contribution in [1.82, 2.24) is 10.6 Å². The summed E-state index contributed by atoms with van der Waals surface area (Å²) in [6, 6.07) is -0.235. The molecule has 0 radical (unpaired) electrons. The van der Waals surface area contributed by atoms with Gasteiger partial charge in [-0.05, 0) is 38.3 Å². The first-order valence-corrected chi connectivity index (χ1v) is 6.33. The fourth-order valence-electron chi connectivity index (χ4n) is 2.10. The molecule has 98 valence electrons. The number of amides is 1. The highest BCUT2D eigenvalue weighted by molar-refractivity contribution is 5.77. The topological polar surface area (TPSA) is 78.4 Å². The average molecular weight is 242 g/mol. The normalized spacial score (nSPS) is 21.1. The zero-order valence-electron chi connectivity index (χ0n) is 10.4. The molecular weight excluding hydrogens is 220 g/mol. The van der Waals surface area contributed by atoms with Crippen LogP contribution in [-0.2, 0) is 9.59 Å².